The van der Waals surface area contributed by atoms with E-state index in [2.05, 4.69) is 16.9 Å². The van der Waals surface area contributed by atoms with Gasteiger partial charge in [0.05, 0.1) is 12.1 Å². The van der Waals surface area contributed by atoms with Crippen molar-refractivity contribution in [3.63, 3.8) is 0 Å². The molecule has 0 aliphatic carbocycles. The van der Waals surface area contributed by atoms with Gasteiger partial charge >= 0.3 is 5.97 Å². The lowest BCUT2D eigenvalue weighted by Crippen LogP contribution is -2.50. The van der Waals surface area contributed by atoms with Crippen molar-refractivity contribution in [1.29, 1.82) is 0 Å². The Morgan fingerprint density at radius 1 is 1.65 bits per heavy atom. The monoisotopic (exact) mass is 237 g/mol. The number of hydrogen-bond acceptors (Lipinski definition) is 3. The summed E-state index contributed by atoms with van der Waals surface area (Å²) in [6, 6.07) is 0. The molecule has 1 fully saturated rings. The van der Waals surface area contributed by atoms with Gasteiger partial charge in [0, 0.05) is 37.9 Å². The molecule has 0 saturated carbocycles. The number of carboxylic acids is 1. The summed E-state index contributed by atoms with van der Waals surface area (Å²) in [5.74, 6) is -0.619. The van der Waals surface area contributed by atoms with Crippen molar-refractivity contribution in [3.8, 4) is 0 Å². The summed E-state index contributed by atoms with van der Waals surface area (Å²) in [7, 11) is 0. The topological polar surface area (TPSA) is 58.4 Å². The fourth-order valence-electron chi connectivity index (χ4n) is 2.18. The minimum Gasteiger partial charge on any atom is -0.481 e. The number of likely N-dealkylation sites (tertiary alicyclic amines) is 1. The molecule has 0 spiro atoms. The minimum atomic E-state index is -0.687. The van der Waals surface area contributed by atoms with E-state index >= 15 is 0 Å². The third-order valence-electron chi connectivity index (χ3n) is 3.50. The standard InChI is InChI=1S/C12H19N3O2/c1-3-15-6-10(4-13-15)5-14-7-11(8-14)9(2)12(16)17/h4,6,9,11H,3,5,7-8H2,1-2H3,(H,16,17). The van der Waals surface area contributed by atoms with Crippen LogP contribution in [-0.4, -0.2) is 38.8 Å². The first-order valence-corrected chi connectivity index (χ1v) is 6.06. The number of aromatic nitrogens is 2. The summed E-state index contributed by atoms with van der Waals surface area (Å²) in [6.07, 6.45) is 3.94. The van der Waals surface area contributed by atoms with Crippen molar-refractivity contribution in [2.45, 2.75) is 26.9 Å². The van der Waals surface area contributed by atoms with Gasteiger partial charge in [0.25, 0.3) is 0 Å². The first-order valence-electron chi connectivity index (χ1n) is 6.06. The number of aliphatic carboxylic acids is 1. The van der Waals surface area contributed by atoms with E-state index in [-0.39, 0.29) is 5.92 Å². The van der Waals surface area contributed by atoms with E-state index in [0.717, 1.165) is 26.2 Å². The molecule has 2 rings (SSSR count). The van der Waals surface area contributed by atoms with Crippen molar-refractivity contribution < 1.29 is 9.90 Å². The molecule has 5 heteroatoms. The molecule has 1 saturated heterocycles. The summed E-state index contributed by atoms with van der Waals surface area (Å²) in [6.45, 7) is 7.38. The van der Waals surface area contributed by atoms with E-state index < -0.39 is 5.97 Å². The summed E-state index contributed by atoms with van der Waals surface area (Å²) in [5.41, 5.74) is 1.20. The molecule has 2 heterocycles. The minimum absolute atomic E-state index is 0.232. The summed E-state index contributed by atoms with van der Waals surface area (Å²) >= 11 is 0. The Morgan fingerprint density at radius 2 is 2.35 bits per heavy atom. The molecule has 1 atom stereocenters. The van der Waals surface area contributed by atoms with Gasteiger partial charge in [-0.25, -0.2) is 0 Å². The Hall–Kier alpha value is -1.36. The van der Waals surface area contributed by atoms with E-state index in [1.165, 1.54) is 5.56 Å². The molecule has 1 aromatic rings. The zero-order valence-corrected chi connectivity index (χ0v) is 10.3. The highest BCUT2D eigenvalue weighted by molar-refractivity contribution is 5.70. The molecule has 1 aromatic heterocycles. The molecule has 1 aliphatic heterocycles. The third kappa shape index (κ3) is 2.66. The van der Waals surface area contributed by atoms with Gasteiger partial charge in [0.15, 0.2) is 0 Å². The van der Waals surface area contributed by atoms with Crippen LogP contribution in [0.4, 0.5) is 0 Å². The molecule has 0 aromatic carbocycles. The van der Waals surface area contributed by atoms with Crippen LogP contribution in [0.5, 0.6) is 0 Å². The van der Waals surface area contributed by atoms with Crippen LogP contribution >= 0.6 is 0 Å². The third-order valence-corrected chi connectivity index (χ3v) is 3.50. The maximum Gasteiger partial charge on any atom is 0.306 e. The Balaban J connectivity index is 1.79. The number of carbonyl (C=O) groups is 1. The summed E-state index contributed by atoms with van der Waals surface area (Å²) < 4.78 is 1.91. The van der Waals surface area contributed by atoms with Gasteiger partial charge in [0.2, 0.25) is 0 Å². The fourth-order valence-corrected chi connectivity index (χ4v) is 2.18. The van der Waals surface area contributed by atoms with Crippen molar-refractivity contribution >= 4 is 5.97 Å². The molecule has 1 aliphatic rings. The van der Waals surface area contributed by atoms with Crippen LogP contribution in [-0.2, 0) is 17.9 Å². The molecular formula is C12H19N3O2. The maximum absolute atomic E-state index is 10.8. The first-order chi connectivity index (χ1) is 8.10. The largest absolute Gasteiger partial charge is 0.481 e. The lowest BCUT2D eigenvalue weighted by atomic mass is 9.87. The molecule has 1 unspecified atom stereocenters. The predicted molar refractivity (Wildman–Crippen MR) is 63.5 cm³/mol. The highest BCUT2D eigenvalue weighted by Gasteiger charge is 2.34. The van der Waals surface area contributed by atoms with Crippen molar-refractivity contribution in [2.24, 2.45) is 11.8 Å². The molecule has 5 nitrogen and oxygen atoms in total. The second kappa shape index (κ2) is 4.87. The average Bonchev–Trinajstić information content (AvgIpc) is 2.69. The fraction of sp³-hybridized carbons (Fsp3) is 0.667. The van der Waals surface area contributed by atoms with E-state index in [1.54, 1.807) is 6.92 Å². The van der Waals surface area contributed by atoms with Crippen LogP contribution in [0.1, 0.15) is 19.4 Å². The number of hydrogen-bond donors (Lipinski definition) is 1. The number of nitrogens with zero attached hydrogens (tertiary/aromatic N) is 3. The van der Waals surface area contributed by atoms with E-state index in [0.29, 0.717) is 5.92 Å². The maximum atomic E-state index is 10.8. The van der Waals surface area contributed by atoms with Crippen LogP contribution in [0.2, 0.25) is 0 Å². The molecule has 94 valence electrons. The second-order valence-corrected chi connectivity index (χ2v) is 4.79. The lowest BCUT2D eigenvalue weighted by molar-refractivity contribution is -0.145. The molecule has 17 heavy (non-hydrogen) atoms. The normalized spacial score (nSPS) is 18.9. The zero-order valence-electron chi connectivity index (χ0n) is 10.3. The molecule has 0 bridgehead atoms. The second-order valence-electron chi connectivity index (χ2n) is 4.79. The van der Waals surface area contributed by atoms with Gasteiger partial charge < -0.3 is 5.11 Å². The van der Waals surface area contributed by atoms with E-state index in [1.807, 2.05) is 17.1 Å². The van der Waals surface area contributed by atoms with Crippen molar-refractivity contribution in [1.82, 2.24) is 14.7 Å². The van der Waals surface area contributed by atoms with Crippen LogP contribution in [0.25, 0.3) is 0 Å². The van der Waals surface area contributed by atoms with Gasteiger partial charge in [-0.15, -0.1) is 0 Å². The number of aryl methyl sites for hydroxylation is 1. The van der Waals surface area contributed by atoms with Crippen LogP contribution in [0, 0.1) is 11.8 Å². The first kappa shape index (κ1) is 12.1. The average molecular weight is 237 g/mol. The molecule has 0 radical (unpaired) electrons. The van der Waals surface area contributed by atoms with Crippen molar-refractivity contribution in [3.05, 3.63) is 18.0 Å². The Morgan fingerprint density at radius 3 is 2.88 bits per heavy atom. The zero-order chi connectivity index (χ0) is 12.4. The van der Waals surface area contributed by atoms with Crippen LogP contribution in [0.3, 0.4) is 0 Å². The Labute approximate surface area is 101 Å². The summed E-state index contributed by atoms with van der Waals surface area (Å²) in [4.78, 5) is 13.1. The van der Waals surface area contributed by atoms with Crippen LogP contribution in [0.15, 0.2) is 12.4 Å². The lowest BCUT2D eigenvalue weighted by Gasteiger charge is -2.41. The van der Waals surface area contributed by atoms with E-state index in [9.17, 15) is 4.79 Å². The van der Waals surface area contributed by atoms with Crippen LogP contribution < -0.4 is 0 Å². The highest BCUT2D eigenvalue weighted by atomic mass is 16.4. The summed E-state index contributed by atoms with van der Waals surface area (Å²) in [5, 5.41) is 13.1. The molecule has 0 amide bonds. The predicted octanol–water partition coefficient (Wildman–Crippen LogP) is 1.06. The smallest absolute Gasteiger partial charge is 0.306 e. The Bertz CT molecular complexity index is 396. The SMILES string of the molecule is CCn1cc(CN2CC(C(C)C(=O)O)C2)cn1. The van der Waals surface area contributed by atoms with Gasteiger partial charge in [0.1, 0.15) is 0 Å². The quantitative estimate of drug-likeness (QED) is 0.831. The van der Waals surface area contributed by atoms with Crippen molar-refractivity contribution in [2.75, 3.05) is 13.1 Å². The molecule has 1 N–H and O–H groups in total. The number of carboxylic acid groups (broad SMARTS) is 1. The van der Waals surface area contributed by atoms with Gasteiger partial charge in [-0.2, -0.15) is 5.10 Å². The Kier molecular flexibility index (Phi) is 3.47. The molecular weight excluding hydrogens is 218 g/mol. The van der Waals surface area contributed by atoms with E-state index in [4.69, 9.17) is 5.11 Å². The van der Waals surface area contributed by atoms with Gasteiger partial charge in [-0.1, -0.05) is 6.92 Å². The highest BCUT2D eigenvalue weighted by Crippen LogP contribution is 2.25. The number of rotatable bonds is 5. The van der Waals surface area contributed by atoms with Gasteiger partial charge in [-0.3, -0.25) is 14.4 Å². The van der Waals surface area contributed by atoms with Gasteiger partial charge in [-0.05, 0) is 12.8 Å².